The van der Waals surface area contributed by atoms with Gasteiger partial charge in [-0.25, -0.2) is 0 Å². The van der Waals surface area contributed by atoms with E-state index in [1.807, 2.05) is 0 Å². The molecule has 2 N–H and O–H groups in total. The van der Waals surface area contributed by atoms with Crippen LogP contribution in [0.15, 0.2) is 60.7 Å². The fourth-order valence-corrected chi connectivity index (χ4v) is 4.10. The first-order valence-electron chi connectivity index (χ1n) is 11.6. The lowest BCUT2D eigenvalue weighted by Crippen LogP contribution is -2.03. The van der Waals surface area contributed by atoms with Gasteiger partial charge in [-0.1, -0.05) is 93.3 Å². The van der Waals surface area contributed by atoms with Gasteiger partial charge >= 0.3 is 0 Å². The third-order valence-corrected chi connectivity index (χ3v) is 5.84. The molecule has 164 valence electrons. The van der Waals surface area contributed by atoms with Crippen molar-refractivity contribution in [3.8, 4) is 11.8 Å². The zero-order chi connectivity index (χ0) is 21.9. The fourth-order valence-electron chi connectivity index (χ4n) is 4.10. The van der Waals surface area contributed by atoms with Crippen LogP contribution in [0.2, 0.25) is 0 Å². The number of hydrogen-bond donors (Lipinski definition) is 2. The van der Waals surface area contributed by atoms with Crippen LogP contribution in [-0.4, -0.2) is 20.2 Å². The van der Waals surface area contributed by atoms with Gasteiger partial charge in [0.15, 0.2) is 0 Å². The van der Waals surface area contributed by atoms with E-state index in [2.05, 4.69) is 77.6 Å². The van der Waals surface area contributed by atoms with Gasteiger partial charge in [0, 0.05) is 12.3 Å². The molecule has 0 unspecified atom stereocenters. The molecule has 0 saturated heterocycles. The molecule has 0 spiro atoms. The van der Waals surface area contributed by atoms with Gasteiger partial charge < -0.3 is 10.2 Å². The summed E-state index contributed by atoms with van der Waals surface area (Å²) in [5.41, 5.74) is 3.13. The zero-order valence-corrected chi connectivity index (χ0v) is 18.5. The van der Waals surface area contributed by atoms with Gasteiger partial charge in [0.2, 0.25) is 11.8 Å². The second-order valence-electron chi connectivity index (χ2n) is 8.20. The molecule has 0 amide bonds. The highest BCUT2D eigenvalue weighted by atomic mass is 16.3. The van der Waals surface area contributed by atoms with Gasteiger partial charge in [-0.15, -0.1) is 0 Å². The van der Waals surface area contributed by atoms with Gasteiger partial charge in [0.1, 0.15) is 5.82 Å². The molecule has 0 aliphatic carbocycles. The van der Waals surface area contributed by atoms with Crippen LogP contribution in [0.4, 0.5) is 0 Å². The van der Waals surface area contributed by atoms with Gasteiger partial charge in [0.05, 0.1) is 5.56 Å². The van der Waals surface area contributed by atoms with Crippen molar-refractivity contribution >= 4 is 0 Å². The van der Waals surface area contributed by atoms with Crippen molar-refractivity contribution in [3.05, 3.63) is 83.2 Å². The van der Waals surface area contributed by atoms with Crippen LogP contribution in [0.25, 0.3) is 0 Å². The Labute approximate surface area is 186 Å². The van der Waals surface area contributed by atoms with E-state index in [1.54, 1.807) is 0 Å². The van der Waals surface area contributed by atoms with E-state index in [4.69, 9.17) is 0 Å². The summed E-state index contributed by atoms with van der Waals surface area (Å²) < 4.78 is 0. The maximum Gasteiger partial charge on any atom is 0.221 e. The van der Waals surface area contributed by atoms with Crippen molar-refractivity contribution in [2.24, 2.45) is 0 Å². The molecule has 4 heteroatoms. The molecule has 0 atom stereocenters. The number of benzene rings is 2. The molecule has 3 rings (SSSR count). The number of unbranched alkanes of at least 4 members (excludes halogenated alkanes) is 4. The lowest BCUT2D eigenvalue weighted by molar-refractivity contribution is 0.401. The second kappa shape index (κ2) is 12.1. The van der Waals surface area contributed by atoms with E-state index in [1.165, 1.54) is 11.1 Å². The SMILES string of the molecule is CCCCCCc1c(O)nc(CCCCC(c2ccccc2)c2ccccc2)nc1O. The largest absolute Gasteiger partial charge is 0.493 e. The van der Waals surface area contributed by atoms with E-state index in [0.29, 0.717) is 30.1 Å². The minimum absolute atomic E-state index is 0.0644. The standard InChI is InChI=1S/C27H34N2O2/c1-2-3-4-11-19-24-26(30)28-25(29-27(24)31)20-13-12-18-23(21-14-7-5-8-15-21)22-16-9-6-10-17-22/h5-10,14-17,23H,2-4,11-13,18-20H2,1H3,(H2,28,29,30,31). The summed E-state index contributed by atoms with van der Waals surface area (Å²) in [7, 11) is 0. The third kappa shape index (κ3) is 6.81. The van der Waals surface area contributed by atoms with Crippen molar-refractivity contribution in [1.82, 2.24) is 9.97 Å². The molecule has 3 aromatic rings. The average Bonchev–Trinajstić information content (AvgIpc) is 2.79. The average molecular weight is 419 g/mol. The molecule has 0 aliphatic rings. The predicted molar refractivity (Wildman–Crippen MR) is 125 cm³/mol. The molecule has 0 saturated carbocycles. The van der Waals surface area contributed by atoms with Crippen LogP contribution < -0.4 is 0 Å². The monoisotopic (exact) mass is 418 g/mol. The molecular formula is C27H34N2O2. The van der Waals surface area contributed by atoms with Crippen molar-refractivity contribution < 1.29 is 10.2 Å². The van der Waals surface area contributed by atoms with Gasteiger partial charge in [-0.3, -0.25) is 0 Å². The highest BCUT2D eigenvalue weighted by Crippen LogP contribution is 2.30. The van der Waals surface area contributed by atoms with Crippen LogP contribution in [-0.2, 0) is 12.8 Å². The molecule has 4 nitrogen and oxygen atoms in total. The van der Waals surface area contributed by atoms with E-state index < -0.39 is 0 Å². The maximum atomic E-state index is 10.3. The first-order valence-corrected chi connectivity index (χ1v) is 11.6. The molecule has 0 aliphatic heterocycles. The van der Waals surface area contributed by atoms with Crippen molar-refractivity contribution in [2.75, 3.05) is 0 Å². The Morgan fingerprint density at radius 2 is 1.23 bits per heavy atom. The van der Waals surface area contributed by atoms with E-state index >= 15 is 0 Å². The first-order chi connectivity index (χ1) is 15.2. The summed E-state index contributed by atoms with van der Waals surface area (Å²) in [6, 6.07) is 21.2. The summed E-state index contributed by atoms with van der Waals surface area (Å²) >= 11 is 0. The van der Waals surface area contributed by atoms with Gasteiger partial charge in [-0.05, 0) is 36.8 Å². The third-order valence-electron chi connectivity index (χ3n) is 5.84. The topological polar surface area (TPSA) is 66.2 Å². The smallest absolute Gasteiger partial charge is 0.221 e. The number of aromatic nitrogens is 2. The Bertz CT molecular complexity index is 851. The lowest BCUT2D eigenvalue weighted by Gasteiger charge is -2.18. The lowest BCUT2D eigenvalue weighted by atomic mass is 9.87. The summed E-state index contributed by atoms with van der Waals surface area (Å²) in [5, 5.41) is 20.5. The first kappa shape index (κ1) is 22.8. The molecule has 1 aromatic heterocycles. The fraction of sp³-hybridized carbons (Fsp3) is 0.407. The van der Waals surface area contributed by atoms with Crippen LogP contribution >= 0.6 is 0 Å². The quantitative estimate of drug-likeness (QED) is 0.327. The van der Waals surface area contributed by atoms with E-state index in [-0.39, 0.29) is 11.8 Å². The highest BCUT2D eigenvalue weighted by Gasteiger charge is 2.15. The van der Waals surface area contributed by atoms with Crippen molar-refractivity contribution in [1.29, 1.82) is 0 Å². The van der Waals surface area contributed by atoms with Crippen molar-refractivity contribution in [3.63, 3.8) is 0 Å². The second-order valence-corrected chi connectivity index (χ2v) is 8.20. The van der Waals surface area contributed by atoms with Crippen LogP contribution in [0, 0.1) is 0 Å². The highest BCUT2D eigenvalue weighted by molar-refractivity contribution is 5.34. The number of nitrogens with zero attached hydrogens (tertiary/aromatic N) is 2. The Balaban J connectivity index is 1.56. The summed E-state index contributed by atoms with van der Waals surface area (Å²) in [5.74, 6) is 0.745. The Kier molecular flexibility index (Phi) is 8.89. The number of aromatic hydroxyl groups is 2. The minimum atomic E-state index is -0.0644. The molecular weight excluding hydrogens is 384 g/mol. The van der Waals surface area contributed by atoms with E-state index in [0.717, 1.165) is 44.9 Å². The summed E-state index contributed by atoms with van der Waals surface area (Å²) in [6.07, 6.45) is 8.54. The number of hydrogen-bond acceptors (Lipinski definition) is 4. The Morgan fingerprint density at radius 1 is 0.677 bits per heavy atom. The van der Waals surface area contributed by atoms with Gasteiger partial charge in [0.25, 0.3) is 0 Å². The van der Waals surface area contributed by atoms with Crippen LogP contribution in [0.1, 0.15) is 80.3 Å². The Morgan fingerprint density at radius 3 is 1.77 bits per heavy atom. The summed E-state index contributed by atoms with van der Waals surface area (Å²) in [4.78, 5) is 8.50. The Hall–Kier alpha value is -2.88. The molecule has 2 aromatic carbocycles. The normalized spacial score (nSPS) is 11.2. The molecule has 0 radical (unpaired) electrons. The molecule has 1 heterocycles. The molecule has 0 fully saturated rings. The number of rotatable bonds is 12. The maximum absolute atomic E-state index is 10.3. The van der Waals surface area contributed by atoms with Crippen molar-refractivity contribution in [2.45, 2.75) is 70.6 Å². The molecule has 31 heavy (non-hydrogen) atoms. The zero-order valence-electron chi connectivity index (χ0n) is 18.5. The molecule has 0 bridgehead atoms. The van der Waals surface area contributed by atoms with Gasteiger partial charge in [-0.2, -0.15) is 9.97 Å². The minimum Gasteiger partial charge on any atom is -0.493 e. The van der Waals surface area contributed by atoms with E-state index in [9.17, 15) is 10.2 Å². The predicted octanol–water partition coefficient (Wildman–Crippen LogP) is 6.56. The van der Waals surface area contributed by atoms with Crippen LogP contribution in [0.3, 0.4) is 0 Å². The van der Waals surface area contributed by atoms with Crippen LogP contribution in [0.5, 0.6) is 11.8 Å². The summed E-state index contributed by atoms with van der Waals surface area (Å²) in [6.45, 7) is 2.16. The number of aryl methyl sites for hydroxylation is 1.